The highest BCUT2D eigenvalue weighted by Crippen LogP contribution is 2.27. The summed E-state index contributed by atoms with van der Waals surface area (Å²) in [6.07, 6.45) is 4.76. The summed E-state index contributed by atoms with van der Waals surface area (Å²) in [7, 11) is 2.16. The molecule has 1 aromatic heterocycles. The van der Waals surface area contributed by atoms with Crippen LogP contribution in [0.4, 0.5) is 10.6 Å². The maximum Gasteiger partial charge on any atom is 0.354 e. The standard InChI is InChI=1S/C28H42N8O3.ClH/c1-19(33(4)18-21-16-22(29)17-21)15-20-5-7-23(8-6-20)36-10-9-24(32-27(36)39)31-26(38)35-13-11-34(12-14-35)25(37)28(2,3)30;/h5-10,19,21-22H,11-18,29-30H2,1-4H3,(H,31,32,38,39);1H. The molecule has 0 bridgehead atoms. The molecule has 1 atom stereocenters. The van der Waals surface area contributed by atoms with Crippen molar-refractivity contribution in [3.63, 3.8) is 0 Å². The van der Waals surface area contributed by atoms with Gasteiger partial charge in [0.2, 0.25) is 5.91 Å². The van der Waals surface area contributed by atoms with Crippen LogP contribution in [-0.2, 0) is 11.2 Å². The average molecular weight is 575 g/mol. The van der Waals surface area contributed by atoms with Crippen molar-refractivity contribution in [3.8, 4) is 5.69 Å². The first kappa shape index (κ1) is 31.5. The van der Waals surface area contributed by atoms with E-state index in [0.717, 1.165) is 25.8 Å². The van der Waals surface area contributed by atoms with Crippen LogP contribution in [-0.4, -0.2) is 93.6 Å². The predicted octanol–water partition coefficient (Wildman–Crippen LogP) is 1.67. The van der Waals surface area contributed by atoms with Crippen LogP contribution in [0, 0.1) is 5.92 Å². The lowest BCUT2D eigenvalue weighted by Crippen LogP contribution is -2.58. The molecule has 1 aromatic carbocycles. The highest BCUT2D eigenvalue weighted by atomic mass is 35.5. The zero-order valence-electron chi connectivity index (χ0n) is 23.9. The number of carbonyl (C=O) groups is 2. The van der Waals surface area contributed by atoms with Gasteiger partial charge < -0.3 is 26.2 Å². The van der Waals surface area contributed by atoms with Gasteiger partial charge in [0.25, 0.3) is 0 Å². The number of benzene rings is 1. The molecule has 12 heteroatoms. The van der Waals surface area contributed by atoms with Gasteiger partial charge in [-0.15, -0.1) is 12.4 Å². The smallest absolute Gasteiger partial charge is 0.338 e. The number of halogens is 1. The van der Waals surface area contributed by atoms with Crippen LogP contribution in [0.1, 0.15) is 39.2 Å². The molecule has 1 saturated heterocycles. The van der Waals surface area contributed by atoms with Crippen molar-refractivity contribution >= 4 is 30.2 Å². The number of aromatic nitrogens is 2. The average Bonchev–Trinajstić information content (AvgIpc) is 2.87. The minimum absolute atomic E-state index is 0. The van der Waals surface area contributed by atoms with E-state index in [0.29, 0.717) is 49.9 Å². The Morgan fingerprint density at radius 1 is 1.10 bits per heavy atom. The first-order valence-corrected chi connectivity index (χ1v) is 13.7. The monoisotopic (exact) mass is 574 g/mol. The van der Waals surface area contributed by atoms with E-state index >= 15 is 0 Å². The number of rotatable bonds is 8. The largest absolute Gasteiger partial charge is 0.354 e. The van der Waals surface area contributed by atoms with E-state index < -0.39 is 11.2 Å². The van der Waals surface area contributed by atoms with Crippen molar-refractivity contribution < 1.29 is 9.59 Å². The third-order valence-corrected chi connectivity index (χ3v) is 7.76. The molecule has 0 radical (unpaired) electrons. The summed E-state index contributed by atoms with van der Waals surface area (Å²) in [5.74, 6) is 0.743. The van der Waals surface area contributed by atoms with Gasteiger partial charge in [0.1, 0.15) is 5.82 Å². The first-order chi connectivity index (χ1) is 18.4. The van der Waals surface area contributed by atoms with Gasteiger partial charge in [-0.3, -0.25) is 14.7 Å². The van der Waals surface area contributed by atoms with E-state index in [1.807, 2.05) is 24.3 Å². The Hall–Kier alpha value is -2.99. The molecule has 220 valence electrons. The molecule has 2 aromatic rings. The van der Waals surface area contributed by atoms with Crippen molar-refractivity contribution in [2.45, 2.75) is 57.7 Å². The van der Waals surface area contributed by atoms with E-state index in [9.17, 15) is 14.4 Å². The van der Waals surface area contributed by atoms with Crippen LogP contribution in [0.5, 0.6) is 0 Å². The lowest BCUT2D eigenvalue weighted by Gasteiger charge is -2.37. The molecule has 1 saturated carbocycles. The molecule has 4 rings (SSSR count). The fourth-order valence-corrected chi connectivity index (χ4v) is 5.19. The summed E-state index contributed by atoms with van der Waals surface area (Å²) in [6.45, 7) is 8.20. The van der Waals surface area contributed by atoms with Gasteiger partial charge in [-0.05, 0) is 76.8 Å². The minimum atomic E-state index is -0.946. The zero-order valence-corrected chi connectivity index (χ0v) is 24.7. The van der Waals surface area contributed by atoms with Crippen molar-refractivity contribution in [1.82, 2.24) is 24.3 Å². The van der Waals surface area contributed by atoms with E-state index in [2.05, 4.69) is 29.2 Å². The summed E-state index contributed by atoms with van der Waals surface area (Å²) in [4.78, 5) is 47.5. The molecule has 11 nitrogen and oxygen atoms in total. The number of piperazine rings is 1. The number of carbonyl (C=O) groups excluding carboxylic acids is 2. The van der Waals surface area contributed by atoms with Crippen molar-refractivity contribution in [1.29, 1.82) is 0 Å². The van der Waals surface area contributed by atoms with Crippen LogP contribution >= 0.6 is 12.4 Å². The Morgan fingerprint density at radius 2 is 1.70 bits per heavy atom. The molecule has 2 fully saturated rings. The lowest BCUT2D eigenvalue weighted by molar-refractivity contribution is -0.137. The summed E-state index contributed by atoms with van der Waals surface area (Å²) in [5.41, 5.74) is 12.3. The Morgan fingerprint density at radius 3 is 2.25 bits per heavy atom. The topological polar surface area (TPSA) is 143 Å². The molecule has 0 spiro atoms. The molecule has 1 aliphatic heterocycles. The summed E-state index contributed by atoms with van der Waals surface area (Å²) < 4.78 is 1.45. The third kappa shape index (κ3) is 7.81. The zero-order chi connectivity index (χ0) is 28.3. The number of hydrogen-bond acceptors (Lipinski definition) is 7. The fraction of sp³-hybridized carbons (Fsp3) is 0.571. The summed E-state index contributed by atoms with van der Waals surface area (Å²) in [5, 5.41) is 2.69. The Bertz CT molecular complexity index is 1220. The minimum Gasteiger partial charge on any atom is -0.338 e. The number of nitrogens with zero attached hydrogens (tertiary/aromatic N) is 5. The van der Waals surface area contributed by atoms with E-state index in [1.165, 1.54) is 10.1 Å². The molecule has 40 heavy (non-hydrogen) atoms. The van der Waals surface area contributed by atoms with Gasteiger partial charge >= 0.3 is 11.7 Å². The Kier molecular flexibility index (Phi) is 10.3. The number of nitrogens with two attached hydrogens (primary N) is 2. The Labute approximate surface area is 242 Å². The predicted molar refractivity (Wildman–Crippen MR) is 159 cm³/mol. The van der Waals surface area contributed by atoms with Crippen LogP contribution < -0.4 is 22.5 Å². The van der Waals surface area contributed by atoms with Crippen molar-refractivity contribution in [2.75, 3.05) is 45.1 Å². The number of likely N-dealkylation sites (N-methyl/N-ethyl adjacent to an activating group) is 1. The highest BCUT2D eigenvalue weighted by Gasteiger charge is 2.31. The maximum atomic E-state index is 12.7. The second-order valence-electron chi connectivity index (χ2n) is 11.7. The van der Waals surface area contributed by atoms with Gasteiger partial charge in [-0.25, -0.2) is 9.59 Å². The molecule has 2 aliphatic rings. The van der Waals surface area contributed by atoms with Crippen molar-refractivity contribution in [2.24, 2.45) is 17.4 Å². The van der Waals surface area contributed by atoms with Gasteiger partial charge in [0, 0.05) is 51.0 Å². The molecular formula is C28H43ClN8O3. The van der Waals surface area contributed by atoms with Gasteiger partial charge in [-0.1, -0.05) is 12.1 Å². The van der Waals surface area contributed by atoms with E-state index in [4.69, 9.17) is 11.5 Å². The van der Waals surface area contributed by atoms with Crippen LogP contribution in [0.15, 0.2) is 41.3 Å². The van der Waals surface area contributed by atoms with Crippen LogP contribution in [0.25, 0.3) is 5.69 Å². The second-order valence-corrected chi connectivity index (χ2v) is 11.7. The maximum absolute atomic E-state index is 12.7. The third-order valence-electron chi connectivity index (χ3n) is 7.76. The number of hydrogen-bond donors (Lipinski definition) is 3. The number of nitrogens with one attached hydrogen (secondary N) is 1. The normalized spacial score (nSPS) is 20.0. The van der Waals surface area contributed by atoms with Crippen LogP contribution in [0.2, 0.25) is 0 Å². The second kappa shape index (κ2) is 13.1. The molecule has 3 amide bonds. The number of anilines is 1. The number of urea groups is 1. The molecule has 5 N–H and O–H groups in total. The molecule has 1 aliphatic carbocycles. The quantitative estimate of drug-likeness (QED) is 0.435. The molecular weight excluding hydrogens is 532 g/mol. The van der Waals surface area contributed by atoms with Gasteiger partial charge in [0.05, 0.1) is 11.2 Å². The molecule has 1 unspecified atom stereocenters. The van der Waals surface area contributed by atoms with E-state index in [-0.39, 0.29) is 30.2 Å². The van der Waals surface area contributed by atoms with Crippen molar-refractivity contribution in [3.05, 3.63) is 52.6 Å². The van der Waals surface area contributed by atoms with Crippen LogP contribution in [0.3, 0.4) is 0 Å². The SMILES string of the molecule is CC(Cc1ccc(-n2ccc(NC(=O)N3CCN(C(=O)C(C)(C)N)CC3)nc2=O)cc1)N(C)CC1CC(N)C1.Cl. The summed E-state index contributed by atoms with van der Waals surface area (Å²) >= 11 is 0. The number of amides is 3. The fourth-order valence-electron chi connectivity index (χ4n) is 5.19. The van der Waals surface area contributed by atoms with Gasteiger partial charge in [-0.2, -0.15) is 4.98 Å². The summed E-state index contributed by atoms with van der Waals surface area (Å²) in [6, 6.07) is 9.92. The Balaban J connectivity index is 0.00000441. The van der Waals surface area contributed by atoms with Gasteiger partial charge in [0.15, 0.2) is 0 Å². The lowest BCUT2D eigenvalue weighted by atomic mass is 9.80. The molecule has 2 heterocycles. The van der Waals surface area contributed by atoms with E-state index in [1.54, 1.807) is 35.9 Å². The first-order valence-electron chi connectivity index (χ1n) is 13.7. The highest BCUT2D eigenvalue weighted by molar-refractivity contribution is 5.89.